The number of esters is 1. The Hall–Kier alpha value is -2.37. The Labute approximate surface area is 123 Å². The van der Waals surface area contributed by atoms with Crippen molar-refractivity contribution >= 4 is 17.9 Å². The molecule has 0 unspecified atom stereocenters. The van der Waals surface area contributed by atoms with Gasteiger partial charge in [-0.1, -0.05) is 44.2 Å². The lowest BCUT2D eigenvalue weighted by Gasteiger charge is -2.19. The first kappa shape index (κ1) is 16.7. The molecule has 0 saturated heterocycles. The van der Waals surface area contributed by atoms with Crippen molar-refractivity contribution in [1.29, 1.82) is 0 Å². The summed E-state index contributed by atoms with van der Waals surface area (Å²) in [6, 6.07) is 8.52. The molecule has 0 radical (unpaired) electrons. The maximum absolute atomic E-state index is 11.8. The van der Waals surface area contributed by atoms with Crippen LogP contribution in [0.15, 0.2) is 30.3 Å². The van der Waals surface area contributed by atoms with Crippen molar-refractivity contribution in [3.63, 3.8) is 0 Å². The van der Waals surface area contributed by atoms with E-state index in [-0.39, 0.29) is 12.3 Å². The fraction of sp³-hybridized carbons (Fsp3) is 0.400. The van der Waals surface area contributed by atoms with Crippen LogP contribution in [-0.4, -0.2) is 24.0 Å². The molecule has 1 rings (SSSR count). The van der Waals surface area contributed by atoms with E-state index in [1.807, 2.05) is 35.6 Å². The molecule has 0 fully saturated rings. The van der Waals surface area contributed by atoms with Gasteiger partial charge >= 0.3 is 12.0 Å². The zero-order valence-electron chi connectivity index (χ0n) is 12.2. The third-order valence-corrected chi connectivity index (χ3v) is 2.83. The SMILES string of the molecule is CC(C)[C@H](OC(=O)CCc1ccccc1)C(=O)NC(N)=O. The number of hydrogen-bond acceptors (Lipinski definition) is 4. The summed E-state index contributed by atoms with van der Waals surface area (Å²) in [6.07, 6.45) is -0.334. The molecule has 21 heavy (non-hydrogen) atoms. The molecule has 0 bridgehead atoms. The number of hydrogen-bond donors (Lipinski definition) is 2. The highest BCUT2D eigenvalue weighted by atomic mass is 16.5. The maximum Gasteiger partial charge on any atom is 0.318 e. The topological polar surface area (TPSA) is 98.5 Å². The fourth-order valence-corrected chi connectivity index (χ4v) is 1.78. The number of aryl methyl sites for hydroxylation is 1. The van der Waals surface area contributed by atoms with E-state index in [4.69, 9.17) is 10.5 Å². The summed E-state index contributed by atoms with van der Waals surface area (Å²) in [6.45, 7) is 3.44. The van der Waals surface area contributed by atoms with E-state index in [1.54, 1.807) is 13.8 Å². The minimum absolute atomic E-state index is 0.164. The van der Waals surface area contributed by atoms with Crippen molar-refractivity contribution in [3.05, 3.63) is 35.9 Å². The normalized spacial score (nSPS) is 11.8. The number of carbonyl (C=O) groups excluding carboxylic acids is 3. The molecule has 1 atom stereocenters. The summed E-state index contributed by atoms with van der Waals surface area (Å²) in [5, 5.41) is 1.93. The van der Waals surface area contributed by atoms with Gasteiger partial charge in [0.2, 0.25) is 0 Å². The van der Waals surface area contributed by atoms with Crippen molar-refractivity contribution in [1.82, 2.24) is 5.32 Å². The van der Waals surface area contributed by atoms with Crippen LogP contribution in [0.1, 0.15) is 25.8 Å². The molecule has 1 aromatic carbocycles. The molecule has 0 heterocycles. The number of primary amides is 1. The van der Waals surface area contributed by atoms with Crippen LogP contribution in [0.5, 0.6) is 0 Å². The van der Waals surface area contributed by atoms with Crippen LogP contribution in [0.3, 0.4) is 0 Å². The van der Waals surface area contributed by atoms with Gasteiger partial charge in [0, 0.05) is 6.42 Å². The average molecular weight is 292 g/mol. The second-order valence-corrected chi connectivity index (χ2v) is 4.99. The van der Waals surface area contributed by atoms with Gasteiger partial charge in [-0.2, -0.15) is 0 Å². The number of nitrogens with two attached hydrogens (primary N) is 1. The summed E-state index contributed by atoms with van der Waals surface area (Å²) in [5.41, 5.74) is 5.90. The first-order chi connectivity index (χ1) is 9.90. The van der Waals surface area contributed by atoms with Gasteiger partial charge in [-0.05, 0) is 17.9 Å². The lowest BCUT2D eigenvalue weighted by atomic mass is 10.1. The van der Waals surface area contributed by atoms with Crippen LogP contribution in [0.25, 0.3) is 0 Å². The van der Waals surface area contributed by atoms with Crippen LogP contribution in [0, 0.1) is 5.92 Å². The van der Waals surface area contributed by atoms with E-state index in [0.29, 0.717) is 6.42 Å². The molecule has 3 N–H and O–H groups in total. The lowest BCUT2D eigenvalue weighted by molar-refractivity contribution is -0.158. The Morgan fingerprint density at radius 3 is 2.33 bits per heavy atom. The number of urea groups is 1. The molecule has 114 valence electrons. The highest BCUT2D eigenvalue weighted by Gasteiger charge is 2.27. The Kier molecular flexibility index (Phi) is 6.39. The van der Waals surface area contributed by atoms with E-state index >= 15 is 0 Å². The van der Waals surface area contributed by atoms with Crippen LogP contribution in [0.2, 0.25) is 0 Å². The number of benzene rings is 1. The molecule has 3 amide bonds. The summed E-state index contributed by atoms with van der Waals surface area (Å²) < 4.78 is 5.14. The Balaban J connectivity index is 2.53. The Morgan fingerprint density at radius 2 is 1.81 bits per heavy atom. The molecule has 0 aromatic heterocycles. The zero-order valence-corrected chi connectivity index (χ0v) is 12.2. The summed E-state index contributed by atoms with van der Waals surface area (Å²) in [4.78, 5) is 34.2. The highest BCUT2D eigenvalue weighted by molar-refractivity contribution is 5.96. The second-order valence-electron chi connectivity index (χ2n) is 4.99. The minimum Gasteiger partial charge on any atom is -0.452 e. The van der Waals surface area contributed by atoms with E-state index in [2.05, 4.69) is 0 Å². The van der Waals surface area contributed by atoms with Crippen LogP contribution >= 0.6 is 0 Å². The third kappa shape index (κ3) is 6.07. The van der Waals surface area contributed by atoms with E-state index in [9.17, 15) is 14.4 Å². The molecule has 0 aliphatic carbocycles. The average Bonchev–Trinajstić information content (AvgIpc) is 2.42. The molecular weight excluding hydrogens is 272 g/mol. The van der Waals surface area contributed by atoms with Crippen molar-refractivity contribution in [3.8, 4) is 0 Å². The number of carbonyl (C=O) groups is 3. The largest absolute Gasteiger partial charge is 0.452 e. The second kappa shape index (κ2) is 8.04. The number of nitrogens with one attached hydrogen (secondary N) is 1. The Morgan fingerprint density at radius 1 is 1.19 bits per heavy atom. The number of amides is 3. The van der Waals surface area contributed by atoms with Crippen LogP contribution in [0.4, 0.5) is 4.79 Å². The first-order valence-electron chi connectivity index (χ1n) is 6.74. The molecule has 6 nitrogen and oxygen atoms in total. The molecule has 0 spiro atoms. The van der Waals surface area contributed by atoms with Gasteiger partial charge < -0.3 is 10.5 Å². The molecule has 1 aromatic rings. The van der Waals surface area contributed by atoms with Gasteiger partial charge in [0.1, 0.15) is 0 Å². The molecule has 0 aliphatic rings. The smallest absolute Gasteiger partial charge is 0.318 e. The van der Waals surface area contributed by atoms with Gasteiger partial charge in [-0.3, -0.25) is 14.9 Å². The standard InChI is InChI=1S/C15H20N2O4/c1-10(2)13(14(19)17-15(16)20)21-12(18)9-8-11-6-4-3-5-7-11/h3-7,10,13H,8-9H2,1-2H3,(H3,16,17,19,20)/t13-/m0/s1. The summed E-state index contributed by atoms with van der Waals surface area (Å²) in [7, 11) is 0. The monoisotopic (exact) mass is 292 g/mol. The quantitative estimate of drug-likeness (QED) is 0.774. The van der Waals surface area contributed by atoms with Crippen molar-refractivity contribution in [2.75, 3.05) is 0 Å². The molecule has 0 saturated carbocycles. The third-order valence-electron chi connectivity index (χ3n) is 2.83. The molecule has 0 aliphatic heterocycles. The minimum atomic E-state index is -1.03. The predicted octanol–water partition coefficient (Wildman–Crippen LogP) is 1.38. The summed E-state index contributed by atoms with van der Waals surface area (Å²) in [5.74, 6) is -1.45. The van der Waals surface area contributed by atoms with Crippen molar-refractivity contribution < 1.29 is 19.1 Å². The number of rotatable bonds is 6. The predicted molar refractivity (Wildman–Crippen MR) is 77.2 cm³/mol. The number of imide groups is 1. The fourth-order valence-electron chi connectivity index (χ4n) is 1.78. The number of ether oxygens (including phenoxy) is 1. The van der Waals surface area contributed by atoms with Crippen LogP contribution < -0.4 is 11.1 Å². The van der Waals surface area contributed by atoms with Gasteiger partial charge in [0.05, 0.1) is 0 Å². The van der Waals surface area contributed by atoms with Crippen LogP contribution in [-0.2, 0) is 20.7 Å². The zero-order chi connectivity index (χ0) is 15.8. The van der Waals surface area contributed by atoms with Crippen molar-refractivity contribution in [2.24, 2.45) is 11.7 Å². The van der Waals surface area contributed by atoms with E-state index in [1.165, 1.54) is 0 Å². The van der Waals surface area contributed by atoms with E-state index in [0.717, 1.165) is 5.56 Å². The van der Waals surface area contributed by atoms with Gasteiger partial charge in [-0.15, -0.1) is 0 Å². The first-order valence-corrected chi connectivity index (χ1v) is 6.74. The molecular formula is C15H20N2O4. The van der Waals surface area contributed by atoms with Gasteiger partial charge in [0.15, 0.2) is 6.10 Å². The lowest BCUT2D eigenvalue weighted by Crippen LogP contribution is -2.45. The van der Waals surface area contributed by atoms with Crippen molar-refractivity contribution in [2.45, 2.75) is 32.8 Å². The maximum atomic E-state index is 11.8. The highest BCUT2D eigenvalue weighted by Crippen LogP contribution is 2.10. The molecule has 6 heteroatoms. The van der Waals surface area contributed by atoms with Gasteiger partial charge in [-0.25, -0.2) is 4.79 Å². The Bertz CT molecular complexity index is 500. The van der Waals surface area contributed by atoms with Gasteiger partial charge in [0.25, 0.3) is 5.91 Å². The summed E-state index contributed by atoms with van der Waals surface area (Å²) >= 11 is 0. The van der Waals surface area contributed by atoms with E-state index < -0.39 is 24.0 Å².